The fourth-order valence-electron chi connectivity index (χ4n) is 2.24. The Balaban J connectivity index is 1.95. The lowest BCUT2D eigenvalue weighted by molar-refractivity contribution is 0.0641. The molecule has 4 N–H and O–H groups in total. The minimum absolute atomic E-state index is 0.0488. The summed E-state index contributed by atoms with van der Waals surface area (Å²) in [5, 5.41) is 12.2. The number of aliphatic hydroxyl groups excluding tert-OH is 1. The fourth-order valence-corrected chi connectivity index (χ4v) is 2.24. The van der Waals surface area contributed by atoms with Crippen molar-refractivity contribution in [1.82, 2.24) is 4.90 Å². The number of anilines is 1. The quantitative estimate of drug-likeness (QED) is 0.705. The molecule has 0 amide bonds. The molecule has 1 fully saturated rings. The van der Waals surface area contributed by atoms with Crippen LogP contribution >= 0.6 is 0 Å². The van der Waals surface area contributed by atoms with Crippen molar-refractivity contribution in [3.05, 3.63) is 60.6 Å². The first kappa shape index (κ1) is 16.0. The lowest BCUT2D eigenvalue weighted by Crippen LogP contribution is -2.34. The molecule has 118 valence electrons. The molecule has 1 aliphatic heterocycles. The minimum atomic E-state index is 0.0488. The molecule has 0 bridgehead atoms. The minimum Gasteiger partial charge on any atom is -0.513 e. The van der Waals surface area contributed by atoms with Crippen LogP contribution in [0.5, 0.6) is 0 Å². The summed E-state index contributed by atoms with van der Waals surface area (Å²) in [5.41, 5.74) is 9.29. The van der Waals surface area contributed by atoms with Crippen LogP contribution in [0, 0.1) is 0 Å². The van der Waals surface area contributed by atoms with Gasteiger partial charge in [0, 0.05) is 42.8 Å². The van der Waals surface area contributed by atoms with Crippen LogP contribution in [-0.4, -0.2) is 36.3 Å². The molecule has 0 radical (unpaired) electrons. The van der Waals surface area contributed by atoms with Crippen LogP contribution in [-0.2, 0) is 4.74 Å². The van der Waals surface area contributed by atoms with Gasteiger partial charge in [-0.2, -0.15) is 0 Å². The number of morpholine rings is 1. The lowest BCUT2D eigenvalue weighted by atomic mass is 10.1. The van der Waals surface area contributed by atoms with Crippen molar-refractivity contribution in [2.75, 3.05) is 31.6 Å². The van der Waals surface area contributed by atoms with Gasteiger partial charge in [0.05, 0.1) is 19.0 Å². The molecule has 5 heteroatoms. The smallest absolute Gasteiger partial charge is 0.0910 e. The first-order valence-electron chi connectivity index (χ1n) is 7.26. The van der Waals surface area contributed by atoms with Crippen molar-refractivity contribution >= 4 is 11.4 Å². The number of nitrogens with one attached hydrogen (secondary N) is 1. The van der Waals surface area contributed by atoms with Crippen molar-refractivity contribution in [2.45, 2.75) is 6.42 Å². The Morgan fingerprint density at radius 3 is 2.50 bits per heavy atom. The molecule has 1 saturated heterocycles. The van der Waals surface area contributed by atoms with E-state index in [1.165, 1.54) is 0 Å². The number of aliphatic hydroxyl groups is 1. The van der Waals surface area contributed by atoms with Gasteiger partial charge in [-0.1, -0.05) is 25.3 Å². The molecule has 0 saturated carbocycles. The van der Waals surface area contributed by atoms with Gasteiger partial charge in [0.25, 0.3) is 0 Å². The summed E-state index contributed by atoms with van der Waals surface area (Å²) in [7, 11) is 0. The fraction of sp³-hybridized carbons (Fsp3) is 0.294. The highest BCUT2D eigenvalue weighted by atomic mass is 16.5. The van der Waals surface area contributed by atoms with E-state index >= 15 is 0 Å². The maximum absolute atomic E-state index is 9.07. The van der Waals surface area contributed by atoms with Gasteiger partial charge in [0.1, 0.15) is 0 Å². The average Bonchev–Trinajstić information content (AvgIpc) is 2.53. The van der Waals surface area contributed by atoms with E-state index < -0.39 is 0 Å². The van der Waals surface area contributed by atoms with Crippen LogP contribution < -0.4 is 11.1 Å². The molecule has 22 heavy (non-hydrogen) atoms. The van der Waals surface area contributed by atoms with Gasteiger partial charge in [0.2, 0.25) is 0 Å². The van der Waals surface area contributed by atoms with E-state index in [1.54, 1.807) is 6.20 Å². The van der Waals surface area contributed by atoms with Crippen LogP contribution in [0.4, 0.5) is 5.69 Å². The van der Waals surface area contributed by atoms with Crippen molar-refractivity contribution in [1.29, 1.82) is 0 Å². The largest absolute Gasteiger partial charge is 0.513 e. The van der Waals surface area contributed by atoms with Gasteiger partial charge < -0.3 is 25.8 Å². The summed E-state index contributed by atoms with van der Waals surface area (Å²) in [6.45, 7) is 10.8. The number of nitrogens with two attached hydrogens (primary N) is 1. The summed E-state index contributed by atoms with van der Waals surface area (Å²) in [4.78, 5) is 2.23. The summed E-state index contributed by atoms with van der Waals surface area (Å²) in [6.07, 6.45) is 1.92. The molecule has 0 atom stereocenters. The summed E-state index contributed by atoms with van der Waals surface area (Å²) in [5.74, 6) is 0.0488. The first-order valence-corrected chi connectivity index (χ1v) is 7.26. The maximum Gasteiger partial charge on any atom is 0.0910 e. The Bertz CT molecular complexity index is 558. The lowest BCUT2D eigenvalue weighted by Gasteiger charge is -2.30. The Kier molecular flexibility index (Phi) is 5.49. The second-order valence-electron chi connectivity index (χ2n) is 5.23. The van der Waals surface area contributed by atoms with Crippen LogP contribution in [0.3, 0.4) is 0 Å². The number of rotatable bonds is 6. The van der Waals surface area contributed by atoms with Crippen molar-refractivity contribution in [2.24, 2.45) is 5.73 Å². The van der Waals surface area contributed by atoms with Crippen LogP contribution in [0.2, 0.25) is 0 Å². The van der Waals surface area contributed by atoms with E-state index in [0.29, 0.717) is 5.70 Å². The third kappa shape index (κ3) is 4.56. The molecule has 0 aromatic heterocycles. The zero-order valence-corrected chi connectivity index (χ0v) is 12.7. The van der Waals surface area contributed by atoms with Crippen molar-refractivity contribution in [3.8, 4) is 0 Å². The molecule has 2 rings (SSSR count). The topological polar surface area (TPSA) is 70.8 Å². The average molecular weight is 301 g/mol. The molecule has 0 unspecified atom stereocenters. The molecule has 1 aliphatic rings. The SMILES string of the molecule is C=C(O)C/C(N)=C/Nc1ccc(C(=C)N2CCOCC2)cc1. The zero-order valence-electron chi connectivity index (χ0n) is 12.7. The third-order valence-corrected chi connectivity index (χ3v) is 3.44. The molecule has 1 aromatic carbocycles. The molecule has 1 aromatic rings. The van der Waals surface area contributed by atoms with Crippen LogP contribution in [0.25, 0.3) is 5.70 Å². The van der Waals surface area contributed by atoms with E-state index in [4.69, 9.17) is 15.6 Å². The van der Waals surface area contributed by atoms with Gasteiger partial charge in [-0.3, -0.25) is 0 Å². The highest BCUT2D eigenvalue weighted by Gasteiger charge is 2.13. The first-order chi connectivity index (χ1) is 10.6. The zero-order chi connectivity index (χ0) is 15.9. The standard InChI is InChI=1S/C17H23N3O2/c1-13(21)11-16(18)12-19-17-5-3-15(4-6-17)14(2)20-7-9-22-10-8-20/h3-6,12,19,21H,1-2,7-11,18H2/b16-12-. The predicted molar refractivity (Wildman–Crippen MR) is 90.1 cm³/mol. The van der Waals surface area contributed by atoms with E-state index in [9.17, 15) is 0 Å². The normalized spacial score (nSPS) is 15.5. The number of ether oxygens (including phenoxy) is 1. The highest BCUT2D eigenvalue weighted by Crippen LogP contribution is 2.20. The van der Waals surface area contributed by atoms with Gasteiger partial charge in [-0.25, -0.2) is 0 Å². The molecular formula is C17H23N3O2. The van der Waals surface area contributed by atoms with E-state index in [2.05, 4.69) is 23.4 Å². The number of nitrogens with zero attached hydrogens (tertiary/aromatic N) is 1. The third-order valence-electron chi connectivity index (χ3n) is 3.44. The highest BCUT2D eigenvalue weighted by molar-refractivity contribution is 5.64. The van der Waals surface area contributed by atoms with Crippen molar-refractivity contribution < 1.29 is 9.84 Å². The molecule has 1 heterocycles. The molecule has 0 aliphatic carbocycles. The van der Waals surface area contributed by atoms with E-state index in [0.717, 1.165) is 43.3 Å². The van der Waals surface area contributed by atoms with Gasteiger partial charge in [0.15, 0.2) is 0 Å². The van der Waals surface area contributed by atoms with Gasteiger partial charge in [-0.05, 0) is 17.7 Å². The second-order valence-corrected chi connectivity index (χ2v) is 5.23. The Morgan fingerprint density at radius 1 is 1.27 bits per heavy atom. The van der Waals surface area contributed by atoms with E-state index in [1.807, 2.05) is 24.3 Å². The number of hydrogen-bond donors (Lipinski definition) is 3. The number of hydrogen-bond acceptors (Lipinski definition) is 5. The Hall–Kier alpha value is -2.40. The van der Waals surface area contributed by atoms with Crippen molar-refractivity contribution in [3.63, 3.8) is 0 Å². The summed E-state index contributed by atoms with van der Waals surface area (Å²) in [6, 6.07) is 7.99. The monoisotopic (exact) mass is 301 g/mol. The van der Waals surface area contributed by atoms with E-state index in [-0.39, 0.29) is 12.2 Å². The molecule has 5 nitrogen and oxygen atoms in total. The molecule has 0 spiro atoms. The van der Waals surface area contributed by atoms with Crippen LogP contribution in [0.1, 0.15) is 12.0 Å². The van der Waals surface area contributed by atoms with Gasteiger partial charge >= 0.3 is 0 Å². The summed E-state index contributed by atoms with van der Waals surface area (Å²) < 4.78 is 5.35. The predicted octanol–water partition coefficient (Wildman–Crippen LogP) is 2.66. The summed E-state index contributed by atoms with van der Waals surface area (Å²) >= 11 is 0. The maximum atomic E-state index is 9.07. The van der Waals surface area contributed by atoms with Crippen LogP contribution in [0.15, 0.2) is 55.1 Å². The Labute approximate surface area is 131 Å². The molecular weight excluding hydrogens is 278 g/mol. The van der Waals surface area contributed by atoms with Gasteiger partial charge in [-0.15, -0.1) is 0 Å². The second kappa shape index (κ2) is 7.56. The Morgan fingerprint density at radius 2 is 1.91 bits per heavy atom. The number of benzene rings is 1.